The molecular formula is C12H13FN2. The van der Waals surface area contributed by atoms with Crippen LogP contribution in [0.5, 0.6) is 0 Å². The van der Waals surface area contributed by atoms with Gasteiger partial charge in [-0.2, -0.15) is 0 Å². The molecule has 0 aliphatic heterocycles. The summed E-state index contributed by atoms with van der Waals surface area (Å²) in [5.74, 6) is 0. The van der Waals surface area contributed by atoms with Crippen molar-refractivity contribution in [3.8, 4) is 0 Å². The largest absolute Gasteiger partial charge is 0.361 e. The summed E-state index contributed by atoms with van der Waals surface area (Å²) >= 11 is 0. The molecule has 2 nitrogen and oxygen atoms in total. The summed E-state index contributed by atoms with van der Waals surface area (Å²) in [6.07, 6.45) is 2.76. The van der Waals surface area contributed by atoms with Crippen LogP contribution >= 0.6 is 0 Å². The third-order valence-corrected chi connectivity index (χ3v) is 3.24. The zero-order valence-corrected chi connectivity index (χ0v) is 8.33. The SMILES string of the molecule is NC1CC(F)(c2ccc3[nH]ccc3c2)C1. The number of aromatic nitrogens is 1. The van der Waals surface area contributed by atoms with Gasteiger partial charge in [0.2, 0.25) is 0 Å². The number of aromatic amines is 1. The fourth-order valence-electron chi connectivity index (χ4n) is 2.34. The third kappa shape index (κ3) is 1.27. The number of alkyl halides is 1. The minimum Gasteiger partial charge on any atom is -0.361 e. The van der Waals surface area contributed by atoms with Crippen LogP contribution in [0.4, 0.5) is 4.39 Å². The molecule has 0 radical (unpaired) electrons. The molecule has 3 heteroatoms. The lowest BCUT2D eigenvalue weighted by Gasteiger charge is -2.39. The summed E-state index contributed by atoms with van der Waals surface area (Å²) in [5.41, 5.74) is 6.26. The quantitative estimate of drug-likeness (QED) is 0.736. The molecule has 1 saturated carbocycles. The molecular weight excluding hydrogens is 191 g/mol. The molecule has 1 heterocycles. The zero-order chi connectivity index (χ0) is 10.5. The van der Waals surface area contributed by atoms with E-state index in [1.54, 1.807) is 0 Å². The maximum Gasteiger partial charge on any atom is 0.139 e. The van der Waals surface area contributed by atoms with Gasteiger partial charge in [0.1, 0.15) is 5.67 Å². The van der Waals surface area contributed by atoms with Gasteiger partial charge in [0.15, 0.2) is 0 Å². The Bertz CT molecular complexity index is 497. The maximum atomic E-state index is 14.2. The third-order valence-electron chi connectivity index (χ3n) is 3.24. The average Bonchev–Trinajstić information content (AvgIpc) is 2.61. The van der Waals surface area contributed by atoms with Crippen molar-refractivity contribution in [1.29, 1.82) is 0 Å². The van der Waals surface area contributed by atoms with Crippen LogP contribution in [0.15, 0.2) is 30.5 Å². The van der Waals surface area contributed by atoms with E-state index < -0.39 is 5.67 Å². The number of hydrogen-bond donors (Lipinski definition) is 2. The molecule has 0 saturated heterocycles. The van der Waals surface area contributed by atoms with Crippen molar-refractivity contribution in [3.05, 3.63) is 36.0 Å². The lowest BCUT2D eigenvalue weighted by Crippen LogP contribution is -2.46. The van der Waals surface area contributed by atoms with Gasteiger partial charge in [-0.1, -0.05) is 6.07 Å². The molecule has 1 aliphatic carbocycles. The molecule has 78 valence electrons. The second-order valence-corrected chi connectivity index (χ2v) is 4.41. The summed E-state index contributed by atoms with van der Waals surface area (Å²) in [6, 6.07) is 7.68. The van der Waals surface area contributed by atoms with E-state index >= 15 is 0 Å². The van der Waals surface area contributed by atoms with Crippen molar-refractivity contribution >= 4 is 10.9 Å². The highest BCUT2D eigenvalue weighted by molar-refractivity contribution is 5.80. The summed E-state index contributed by atoms with van der Waals surface area (Å²) in [5, 5.41) is 1.06. The normalized spacial score (nSPS) is 30.4. The van der Waals surface area contributed by atoms with Crippen LogP contribution in [0.3, 0.4) is 0 Å². The molecule has 0 bridgehead atoms. The van der Waals surface area contributed by atoms with E-state index in [-0.39, 0.29) is 6.04 Å². The van der Waals surface area contributed by atoms with Gasteiger partial charge in [0.05, 0.1) is 0 Å². The van der Waals surface area contributed by atoms with E-state index in [0.717, 1.165) is 16.5 Å². The zero-order valence-electron chi connectivity index (χ0n) is 8.33. The van der Waals surface area contributed by atoms with Crippen LogP contribution < -0.4 is 5.73 Å². The van der Waals surface area contributed by atoms with Crippen molar-refractivity contribution in [2.75, 3.05) is 0 Å². The molecule has 0 amide bonds. The van der Waals surface area contributed by atoms with Gasteiger partial charge in [0, 0.05) is 30.6 Å². The molecule has 1 aliphatic rings. The van der Waals surface area contributed by atoms with Gasteiger partial charge < -0.3 is 10.7 Å². The second kappa shape index (κ2) is 2.83. The first-order valence-corrected chi connectivity index (χ1v) is 5.19. The summed E-state index contributed by atoms with van der Waals surface area (Å²) in [7, 11) is 0. The summed E-state index contributed by atoms with van der Waals surface area (Å²) in [4.78, 5) is 3.10. The van der Waals surface area contributed by atoms with Crippen LogP contribution in [-0.2, 0) is 5.67 Å². The number of halogens is 1. The van der Waals surface area contributed by atoms with E-state index in [9.17, 15) is 4.39 Å². The summed E-state index contributed by atoms with van der Waals surface area (Å²) in [6.45, 7) is 0. The number of nitrogens with two attached hydrogens (primary N) is 1. The number of fused-ring (bicyclic) bond motifs is 1. The Hall–Kier alpha value is -1.35. The van der Waals surface area contributed by atoms with E-state index in [1.165, 1.54) is 0 Å². The Labute approximate surface area is 87.3 Å². The Kier molecular flexibility index (Phi) is 1.68. The Morgan fingerprint density at radius 2 is 2.13 bits per heavy atom. The van der Waals surface area contributed by atoms with Crippen LogP contribution in [-0.4, -0.2) is 11.0 Å². The molecule has 1 aromatic carbocycles. The minimum absolute atomic E-state index is 0.0249. The van der Waals surface area contributed by atoms with Crippen molar-refractivity contribution in [2.45, 2.75) is 24.6 Å². The first kappa shape index (κ1) is 8.92. The van der Waals surface area contributed by atoms with Crippen LogP contribution in [0, 0.1) is 0 Å². The van der Waals surface area contributed by atoms with E-state index in [1.807, 2.05) is 30.5 Å². The van der Waals surface area contributed by atoms with Crippen LogP contribution in [0.25, 0.3) is 10.9 Å². The molecule has 1 aromatic heterocycles. The average molecular weight is 204 g/mol. The maximum absolute atomic E-state index is 14.2. The molecule has 3 rings (SSSR count). The smallest absolute Gasteiger partial charge is 0.139 e. The highest BCUT2D eigenvalue weighted by atomic mass is 19.1. The molecule has 15 heavy (non-hydrogen) atoms. The Morgan fingerprint density at radius 1 is 1.33 bits per heavy atom. The minimum atomic E-state index is -1.19. The molecule has 3 N–H and O–H groups in total. The van der Waals surface area contributed by atoms with Gasteiger partial charge >= 0.3 is 0 Å². The fraction of sp³-hybridized carbons (Fsp3) is 0.333. The number of H-pyrrole nitrogens is 1. The van der Waals surface area contributed by atoms with Crippen molar-refractivity contribution in [2.24, 2.45) is 5.73 Å². The van der Waals surface area contributed by atoms with Gasteiger partial charge in [-0.05, 0) is 29.1 Å². The second-order valence-electron chi connectivity index (χ2n) is 4.41. The molecule has 0 spiro atoms. The van der Waals surface area contributed by atoms with Gasteiger partial charge in [-0.15, -0.1) is 0 Å². The molecule has 0 atom stereocenters. The number of rotatable bonds is 1. The van der Waals surface area contributed by atoms with E-state index in [0.29, 0.717) is 12.8 Å². The standard InChI is InChI=1S/C12H13FN2/c13-12(6-10(14)7-12)9-1-2-11-8(5-9)3-4-15-11/h1-5,10,15H,6-7,14H2. The topological polar surface area (TPSA) is 41.8 Å². The van der Waals surface area contributed by atoms with Gasteiger partial charge in [-0.25, -0.2) is 4.39 Å². The van der Waals surface area contributed by atoms with Crippen LogP contribution in [0.2, 0.25) is 0 Å². The first-order chi connectivity index (χ1) is 7.17. The van der Waals surface area contributed by atoms with Crippen molar-refractivity contribution < 1.29 is 4.39 Å². The van der Waals surface area contributed by atoms with E-state index in [4.69, 9.17) is 5.73 Å². The lowest BCUT2D eigenvalue weighted by molar-refractivity contribution is 0.0407. The van der Waals surface area contributed by atoms with E-state index in [2.05, 4.69) is 4.98 Å². The van der Waals surface area contributed by atoms with Gasteiger partial charge in [0.25, 0.3) is 0 Å². The van der Waals surface area contributed by atoms with Crippen molar-refractivity contribution in [1.82, 2.24) is 4.98 Å². The molecule has 0 unspecified atom stereocenters. The van der Waals surface area contributed by atoms with Gasteiger partial charge in [-0.3, -0.25) is 0 Å². The monoisotopic (exact) mass is 204 g/mol. The highest BCUT2D eigenvalue weighted by Crippen LogP contribution is 2.44. The Morgan fingerprint density at radius 3 is 2.87 bits per heavy atom. The molecule has 1 fully saturated rings. The fourth-order valence-corrected chi connectivity index (χ4v) is 2.34. The predicted octanol–water partition coefficient (Wildman–Crippen LogP) is 2.45. The number of nitrogens with one attached hydrogen (secondary N) is 1. The predicted molar refractivity (Wildman–Crippen MR) is 58.3 cm³/mol. The van der Waals surface area contributed by atoms with Crippen LogP contribution in [0.1, 0.15) is 18.4 Å². The lowest BCUT2D eigenvalue weighted by atomic mass is 9.73. The Balaban J connectivity index is 2.04. The number of hydrogen-bond acceptors (Lipinski definition) is 1. The molecule has 2 aromatic rings. The highest BCUT2D eigenvalue weighted by Gasteiger charge is 2.44. The first-order valence-electron chi connectivity index (χ1n) is 5.19. The van der Waals surface area contributed by atoms with Crippen molar-refractivity contribution in [3.63, 3.8) is 0 Å². The number of benzene rings is 1. The summed E-state index contributed by atoms with van der Waals surface area (Å²) < 4.78 is 14.2.